The Morgan fingerprint density at radius 1 is 0.825 bits per heavy atom. The summed E-state index contributed by atoms with van der Waals surface area (Å²) >= 11 is 0. The fourth-order valence-electron chi connectivity index (χ4n) is 6.34. The quantitative estimate of drug-likeness (QED) is 0.154. The number of nitrogens with zero attached hydrogens (tertiary/aromatic N) is 1. The first-order chi connectivity index (χ1) is 19.0. The number of aryl methyl sites for hydroxylation is 1. The summed E-state index contributed by atoms with van der Waals surface area (Å²) in [4.78, 5) is 28.0. The molecule has 1 aliphatic rings. The summed E-state index contributed by atoms with van der Waals surface area (Å²) in [5.74, 6) is 0.218. The van der Waals surface area contributed by atoms with Crippen molar-refractivity contribution in [1.29, 1.82) is 0 Å². The predicted molar refractivity (Wildman–Crippen MR) is 169 cm³/mol. The molecule has 1 aliphatic heterocycles. The number of hydrogen-bond donors (Lipinski definition) is 1. The van der Waals surface area contributed by atoms with E-state index >= 15 is 0 Å². The average Bonchev–Trinajstić information content (AvgIpc) is 2.86. The summed E-state index contributed by atoms with van der Waals surface area (Å²) in [6, 6.07) is 7.67. The van der Waals surface area contributed by atoms with Gasteiger partial charge in [0.1, 0.15) is 6.10 Å². The Kier molecular flexibility index (Phi) is 14.8. The molecule has 5 heteroatoms. The highest BCUT2D eigenvalue weighted by Crippen LogP contribution is 2.40. The van der Waals surface area contributed by atoms with Gasteiger partial charge in [0.15, 0.2) is 0 Å². The Bertz CT molecular complexity index is 886. The van der Waals surface area contributed by atoms with Gasteiger partial charge in [-0.1, -0.05) is 88.1 Å². The van der Waals surface area contributed by atoms with Gasteiger partial charge in [-0.05, 0) is 78.9 Å². The minimum atomic E-state index is -0.437. The second-order valence-electron chi connectivity index (χ2n) is 13.1. The number of hydrogen-bond acceptors (Lipinski definition) is 3. The third-order valence-corrected chi connectivity index (χ3v) is 8.14. The number of unbranched alkanes of at least 4 members (excludes halogenated alkanes) is 11. The molecule has 0 saturated carbocycles. The van der Waals surface area contributed by atoms with Crippen LogP contribution in [0.25, 0.3) is 0 Å². The molecule has 1 N–H and O–H groups in total. The van der Waals surface area contributed by atoms with Gasteiger partial charge in [-0.25, -0.2) is 4.79 Å². The number of piperidine rings is 1. The van der Waals surface area contributed by atoms with E-state index in [1.54, 1.807) is 0 Å². The van der Waals surface area contributed by atoms with Crippen molar-refractivity contribution in [2.45, 2.75) is 161 Å². The van der Waals surface area contributed by atoms with Crippen LogP contribution in [0.1, 0.15) is 143 Å². The van der Waals surface area contributed by atoms with E-state index < -0.39 is 6.09 Å². The third kappa shape index (κ3) is 12.5. The maximum atomic E-state index is 13.4. The zero-order chi connectivity index (χ0) is 29.4. The number of likely N-dealkylation sites (tertiary alicyclic amines) is 1. The summed E-state index contributed by atoms with van der Waals surface area (Å²) in [6.07, 6.45) is 22.2. The van der Waals surface area contributed by atoms with Crippen LogP contribution in [0.2, 0.25) is 0 Å². The smallest absolute Gasteiger partial charge is 0.411 e. The summed E-state index contributed by atoms with van der Waals surface area (Å²) in [5, 5.41) is 2.83. The van der Waals surface area contributed by atoms with Gasteiger partial charge in [0.25, 0.3) is 0 Å². The summed E-state index contributed by atoms with van der Waals surface area (Å²) < 4.78 is 5.82. The molecular formula is C35H58N2O3. The van der Waals surface area contributed by atoms with Crippen molar-refractivity contribution in [3.8, 4) is 0 Å². The molecule has 0 bridgehead atoms. The number of nitrogens with one attached hydrogen (secondary N) is 1. The monoisotopic (exact) mass is 554 g/mol. The number of anilines is 1. The second-order valence-corrected chi connectivity index (χ2v) is 13.1. The van der Waals surface area contributed by atoms with Crippen molar-refractivity contribution in [1.82, 2.24) is 4.90 Å². The van der Waals surface area contributed by atoms with Crippen LogP contribution in [0.4, 0.5) is 10.5 Å². The Morgan fingerprint density at radius 3 is 1.88 bits per heavy atom. The SMILES string of the molecule is CCCCCCCCC=CCCCCCCCC(=O)N1C(C)(C)CC(OC(=O)Nc2ccc(C)cc2)CC1(C)C. The highest BCUT2D eigenvalue weighted by atomic mass is 16.6. The molecule has 2 rings (SSSR count). The molecule has 1 aromatic rings. The third-order valence-electron chi connectivity index (χ3n) is 8.14. The highest BCUT2D eigenvalue weighted by Gasteiger charge is 2.48. The molecule has 0 aromatic heterocycles. The molecule has 0 atom stereocenters. The van der Waals surface area contributed by atoms with Gasteiger partial charge in [0.2, 0.25) is 5.91 Å². The van der Waals surface area contributed by atoms with Crippen LogP contribution in [-0.2, 0) is 9.53 Å². The molecule has 1 saturated heterocycles. The topological polar surface area (TPSA) is 58.6 Å². The van der Waals surface area contributed by atoms with Crippen molar-refractivity contribution >= 4 is 17.7 Å². The Labute approximate surface area is 245 Å². The van der Waals surface area contributed by atoms with E-state index in [1.807, 2.05) is 31.2 Å². The van der Waals surface area contributed by atoms with E-state index in [4.69, 9.17) is 4.74 Å². The van der Waals surface area contributed by atoms with Gasteiger partial charge in [-0.15, -0.1) is 0 Å². The fraction of sp³-hybridized carbons (Fsp3) is 0.714. The van der Waals surface area contributed by atoms with Crippen LogP contribution in [-0.4, -0.2) is 34.1 Å². The van der Waals surface area contributed by atoms with Gasteiger partial charge < -0.3 is 9.64 Å². The summed E-state index contributed by atoms with van der Waals surface area (Å²) in [6.45, 7) is 12.7. The number of carbonyl (C=O) groups is 2. The lowest BCUT2D eigenvalue weighted by Crippen LogP contribution is -2.64. The van der Waals surface area contributed by atoms with E-state index in [0.717, 1.165) is 24.1 Å². The first-order valence-corrected chi connectivity index (χ1v) is 16.1. The minimum Gasteiger partial charge on any atom is -0.446 e. The molecule has 0 unspecified atom stereocenters. The average molecular weight is 555 g/mol. The van der Waals surface area contributed by atoms with Crippen molar-refractivity contribution in [2.24, 2.45) is 0 Å². The van der Waals surface area contributed by atoms with Crippen molar-refractivity contribution < 1.29 is 14.3 Å². The second kappa shape index (κ2) is 17.5. The number of amides is 2. The largest absolute Gasteiger partial charge is 0.446 e. The maximum absolute atomic E-state index is 13.4. The highest BCUT2D eigenvalue weighted by molar-refractivity contribution is 5.84. The molecule has 1 heterocycles. The molecule has 40 heavy (non-hydrogen) atoms. The Balaban J connectivity index is 1.64. The maximum Gasteiger partial charge on any atom is 0.411 e. The molecule has 0 spiro atoms. The Hall–Kier alpha value is -2.30. The molecule has 0 radical (unpaired) electrons. The molecule has 1 aromatic carbocycles. The van der Waals surface area contributed by atoms with Crippen molar-refractivity contribution in [2.75, 3.05) is 5.32 Å². The van der Waals surface area contributed by atoms with Crippen LogP contribution in [0.5, 0.6) is 0 Å². The van der Waals surface area contributed by atoms with E-state index in [9.17, 15) is 9.59 Å². The molecule has 5 nitrogen and oxygen atoms in total. The molecule has 226 valence electrons. The normalized spacial score (nSPS) is 16.8. The van der Waals surface area contributed by atoms with Crippen LogP contribution >= 0.6 is 0 Å². The van der Waals surface area contributed by atoms with Crippen LogP contribution in [0, 0.1) is 6.92 Å². The fourth-order valence-corrected chi connectivity index (χ4v) is 6.34. The van der Waals surface area contributed by atoms with E-state index in [2.05, 4.69) is 57.0 Å². The van der Waals surface area contributed by atoms with Gasteiger partial charge >= 0.3 is 6.09 Å². The van der Waals surface area contributed by atoms with E-state index in [0.29, 0.717) is 19.3 Å². The lowest BCUT2D eigenvalue weighted by Gasteiger charge is -2.54. The summed E-state index contributed by atoms with van der Waals surface area (Å²) in [7, 11) is 0. The zero-order valence-corrected chi connectivity index (χ0v) is 26.5. The van der Waals surface area contributed by atoms with Crippen molar-refractivity contribution in [3.63, 3.8) is 0 Å². The lowest BCUT2D eigenvalue weighted by molar-refractivity contribution is -0.155. The number of benzene rings is 1. The van der Waals surface area contributed by atoms with Gasteiger partial charge in [0.05, 0.1) is 0 Å². The van der Waals surface area contributed by atoms with Crippen LogP contribution in [0.3, 0.4) is 0 Å². The number of ether oxygens (including phenoxy) is 1. The number of allylic oxidation sites excluding steroid dienone is 2. The number of rotatable bonds is 17. The zero-order valence-electron chi connectivity index (χ0n) is 26.5. The first kappa shape index (κ1) is 33.9. The van der Waals surface area contributed by atoms with Gasteiger partial charge in [0, 0.05) is 36.0 Å². The molecular weight excluding hydrogens is 496 g/mol. The molecule has 1 fully saturated rings. The van der Waals surface area contributed by atoms with Crippen LogP contribution < -0.4 is 5.32 Å². The number of carbonyl (C=O) groups excluding carboxylic acids is 2. The van der Waals surface area contributed by atoms with E-state index in [-0.39, 0.29) is 23.1 Å². The Morgan fingerprint density at radius 2 is 1.32 bits per heavy atom. The first-order valence-electron chi connectivity index (χ1n) is 16.1. The molecule has 2 amide bonds. The molecule has 0 aliphatic carbocycles. The summed E-state index contributed by atoms with van der Waals surface area (Å²) in [5.41, 5.74) is 1.10. The van der Waals surface area contributed by atoms with Gasteiger partial charge in [-0.3, -0.25) is 10.1 Å². The van der Waals surface area contributed by atoms with Gasteiger partial charge in [-0.2, -0.15) is 0 Å². The minimum absolute atomic E-state index is 0.218. The lowest BCUT2D eigenvalue weighted by atomic mass is 9.77. The van der Waals surface area contributed by atoms with Crippen molar-refractivity contribution in [3.05, 3.63) is 42.0 Å². The predicted octanol–water partition coefficient (Wildman–Crippen LogP) is 10.1. The van der Waals surface area contributed by atoms with Crippen LogP contribution in [0.15, 0.2) is 36.4 Å². The van der Waals surface area contributed by atoms with E-state index in [1.165, 1.54) is 70.6 Å². The standard InChI is InChI=1S/C35H58N2O3/c1-7-8-9-10-11-12-13-14-15-16-17-18-19-20-21-22-32(38)37-34(3,4)27-31(28-35(37,5)6)40-33(39)36-30-25-23-29(2)24-26-30/h14-15,23-26,31H,7-13,16-22,27-28H2,1-6H3,(H,36,39).